The monoisotopic (exact) mass is 482 g/mol. The van der Waals surface area contributed by atoms with Gasteiger partial charge in [-0.3, -0.25) is 5.32 Å². The van der Waals surface area contributed by atoms with Crippen LogP contribution in [0.1, 0.15) is 65.0 Å². The zero-order chi connectivity index (χ0) is 25.7. The highest BCUT2D eigenvalue weighted by Gasteiger charge is 2.41. The number of carbonyl (C=O) groups is 1. The largest absolute Gasteiger partial charge is 0.497 e. The Bertz CT molecular complexity index is 969. The Morgan fingerprint density at radius 1 is 0.943 bits per heavy atom. The van der Waals surface area contributed by atoms with Gasteiger partial charge in [0, 0.05) is 25.1 Å². The van der Waals surface area contributed by atoms with Gasteiger partial charge in [-0.15, -0.1) is 0 Å². The standard InChI is InChI=1S/C29H42N2O4/c1-27(2)16-23(31-20-33-6)17-29(5,18-27)19-30-26(32)35-25-14-10-22(11-15-25)28(3,4)21-8-12-24(34-7)13-9-21/h8-15,23,31H,16-20H2,1-7H3,(H,30,32). The maximum Gasteiger partial charge on any atom is 0.412 e. The molecule has 2 aromatic carbocycles. The van der Waals surface area contributed by atoms with Gasteiger partial charge in [0.05, 0.1) is 13.8 Å². The topological polar surface area (TPSA) is 68.8 Å². The number of hydrogen-bond donors (Lipinski definition) is 2. The molecule has 0 heterocycles. The molecule has 2 N–H and O–H groups in total. The molecular formula is C29H42N2O4. The molecular weight excluding hydrogens is 440 g/mol. The third-order valence-corrected chi connectivity index (χ3v) is 7.22. The average Bonchev–Trinajstić information content (AvgIpc) is 2.81. The van der Waals surface area contributed by atoms with Crippen molar-refractivity contribution in [3.63, 3.8) is 0 Å². The van der Waals surface area contributed by atoms with Crippen molar-refractivity contribution < 1.29 is 19.0 Å². The summed E-state index contributed by atoms with van der Waals surface area (Å²) in [5.41, 5.74) is 2.31. The van der Waals surface area contributed by atoms with Crippen molar-refractivity contribution in [1.29, 1.82) is 0 Å². The van der Waals surface area contributed by atoms with Crippen molar-refractivity contribution in [3.05, 3.63) is 59.7 Å². The molecule has 1 saturated carbocycles. The molecule has 0 saturated heterocycles. The zero-order valence-corrected chi connectivity index (χ0v) is 22.4. The Morgan fingerprint density at radius 2 is 1.51 bits per heavy atom. The average molecular weight is 483 g/mol. The summed E-state index contributed by atoms with van der Waals surface area (Å²) in [6.07, 6.45) is 2.70. The van der Waals surface area contributed by atoms with Crippen LogP contribution in [0.4, 0.5) is 4.79 Å². The van der Waals surface area contributed by atoms with Crippen LogP contribution in [-0.4, -0.2) is 39.6 Å². The molecule has 0 spiro atoms. The van der Waals surface area contributed by atoms with Crippen molar-refractivity contribution in [2.45, 2.75) is 65.3 Å². The molecule has 3 rings (SSSR count). The van der Waals surface area contributed by atoms with E-state index in [1.165, 1.54) is 5.56 Å². The van der Waals surface area contributed by atoms with Gasteiger partial charge < -0.3 is 19.5 Å². The fourth-order valence-corrected chi connectivity index (χ4v) is 5.66. The second-order valence-corrected chi connectivity index (χ2v) is 11.5. The van der Waals surface area contributed by atoms with Crippen LogP contribution in [0.2, 0.25) is 0 Å². The number of nitrogens with one attached hydrogen (secondary N) is 2. The van der Waals surface area contributed by atoms with Crippen LogP contribution >= 0.6 is 0 Å². The number of benzene rings is 2. The number of carbonyl (C=O) groups excluding carboxylic acids is 1. The van der Waals surface area contributed by atoms with E-state index < -0.39 is 6.09 Å². The molecule has 0 radical (unpaired) electrons. The van der Waals surface area contributed by atoms with Crippen LogP contribution in [0, 0.1) is 10.8 Å². The molecule has 0 aliphatic heterocycles. The normalized spacial score (nSPS) is 21.9. The Morgan fingerprint density at radius 3 is 2.06 bits per heavy atom. The molecule has 35 heavy (non-hydrogen) atoms. The quantitative estimate of drug-likeness (QED) is 0.436. The van der Waals surface area contributed by atoms with E-state index in [-0.39, 0.29) is 16.2 Å². The van der Waals surface area contributed by atoms with Gasteiger partial charge >= 0.3 is 6.09 Å². The molecule has 2 aromatic rings. The van der Waals surface area contributed by atoms with Gasteiger partial charge in [0.15, 0.2) is 0 Å². The molecule has 2 unspecified atom stereocenters. The first-order valence-electron chi connectivity index (χ1n) is 12.4. The fourth-order valence-electron chi connectivity index (χ4n) is 5.66. The number of rotatable bonds is 9. The third-order valence-electron chi connectivity index (χ3n) is 7.22. The van der Waals surface area contributed by atoms with Crippen LogP contribution < -0.4 is 20.1 Å². The minimum absolute atomic E-state index is 0.0155. The summed E-state index contributed by atoms with van der Waals surface area (Å²) in [4.78, 5) is 12.6. The summed E-state index contributed by atoms with van der Waals surface area (Å²) >= 11 is 0. The lowest BCUT2D eigenvalue weighted by Crippen LogP contribution is -2.49. The number of methoxy groups -OCH3 is 2. The SMILES string of the molecule is COCNC1CC(C)(C)CC(C)(CNC(=O)Oc2ccc(C(C)(C)c3ccc(OC)cc3)cc2)C1. The van der Waals surface area contributed by atoms with Crippen LogP contribution in [0.3, 0.4) is 0 Å². The van der Waals surface area contributed by atoms with E-state index in [0.29, 0.717) is 25.1 Å². The Hall–Kier alpha value is -2.57. The van der Waals surface area contributed by atoms with E-state index in [1.54, 1.807) is 14.2 Å². The minimum atomic E-state index is -0.418. The Kier molecular flexibility index (Phi) is 8.50. The van der Waals surface area contributed by atoms with Gasteiger partial charge in [-0.05, 0) is 65.5 Å². The second-order valence-electron chi connectivity index (χ2n) is 11.5. The van der Waals surface area contributed by atoms with Gasteiger partial charge in [0.1, 0.15) is 11.5 Å². The third kappa shape index (κ3) is 7.21. The van der Waals surface area contributed by atoms with Crippen molar-refractivity contribution in [1.82, 2.24) is 10.6 Å². The van der Waals surface area contributed by atoms with Crippen molar-refractivity contribution >= 4 is 6.09 Å². The highest BCUT2D eigenvalue weighted by Crippen LogP contribution is 2.45. The highest BCUT2D eigenvalue weighted by molar-refractivity contribution is 5.70. The molecule has 0 bridgehead atoms. The molecule has 6 heteroatoms. The van der Waals surface area contributed by atoms with Crippen molar-refractivity contribution in [3.8, 4) is 11.5 Å². The molecule has 1 amide bonds. The van der Waals surface area contributed by atoms with Gasteiger partial charge in [-0.25, -0.2) is 4.79 Å². The predicted molar refractivity (Wildman–Crippen MR) is 140 cm³/mol. The Labute approximate surface area is 210 Å². The van der Waals surface area contributed by atoms with Crippen LogP contribution in [0.25, 0.3) is 0 Å². The molecule has 0 aromatic heterocycles. The molecule has 6 nitrogen and oxygen atoms in total. The van der Waals surface area contributed by atoms with E-state index in [1.807, 2.05) is 36.4 Å². The summed E-state index contributed by atoms with van der Waals surface area (Å²) in [6, 6.07) is 16.2. The smallest absolute Gasteiger partial charge is 0.412 e. The molecule has 192 valence electrons. The highest BCUT2D eigenvalue weighted by atomic mass is 16.6. The van der Waals surface area contributed by atoms with Gasteiger partial charge in [0.2, 0.25) is 0 Å². The summed E-state index contributed by atoms with van der Waals surface area (Å²) in [5.74, 6) is 1.37. The van der Waals surface area contributed by atoms with E-state index in [9.17, 15) is 4.79 Å². The van der Waals surface area contributed by atoms with E-state index >= 15 is 0 Å². The number of ether oxygens (including phenoxy) is 3. The predicted octanol–water partition coefficient (Wildman–Crippen LogP) is 5.89. The maximum atomic E-state index is 12.6. The number of amides is 1. The van der Waals surface area contributed by atoms with Crippen LogP contribution in [0.15, 0.2) is 48.5 Å². The van der Waals surface area contributed by atoms with Crippen molar-refractivity contribution in [2.75, 3.05) is 27.5 Å². The zero-order valence-electron chi connectivity index (χ0n) is 22.4. The summed E-state index contributed by atoms with van der Waals surface area (Å²) in [5, 5.41) is 6.48. The molecule has 1 fully saturated rings. The van der Waals surface area contributed by atoms with E-state index in [4.69, 9.17) is 14.2 Å². The second kappa shape index (κ2) is 11.0. The first-order valence-corrected chi connectivity index (χ1v) is 12.4. The summed E-state index contributed by atoms with van der Waals surface area (Å²) in [7, 11) is 3.37. The lowest BCUT2D eigenvalue weighted by molar-refractivity contribution is 0.0533. The van der Waals surface area contributed by atoms with Crippen LogP contribution in [0.5, 0.6) is 11.5 Å². The van der Waals surface area contributed by atoms with Crippen LogP contribution in [-0.2, 0) is 10.2 Å². The lowest BCUT2D eigenvalue weighted by Gasteiger charge is -2.47. The van der Waals surface area contributed by atoms with Gasteiger partial charge in [-0.1, -0.05) is 58.9 Å². The molecule has 1 aliphatic carbocycles. The van der Waals surface area contributed by atoms with E-state index in [0.717, 1.165) is 30.6 Å². The fraction of sp³-hybridized carbons (Fsp3) is 0.552. The van der Waals surface area contributed by atoms with Gasteiger partial charge in [-0.2, -0.15) is 0 Å². The lowest BCUT2D eigenvalue weighted by atomic mass is 9.62. The summed E-state index contributed by atoms with van der Waals surface area (Å²) < 4.78 is 16.1. The van der Waals surface area contributed by atoms with Crippen molar-refractivity contribution in [2.24, 2.45) is 10.8 Å². The number of hydrogen-bond acceptors (Lipinski definition) is 5. The maximum absolute atomic E-state index is 12.6. The minimum Gasteiger partial charge on any atom is -0.497 e. The van der Waals surface area contributed by atoms with E-state index in [2.05, 4.69) is 57.4 Å². The first kappa shape index (κ1) is 27.0. The molecule has 2 atom stereocenters. The summed E-state index contributed by atoms with van der Waals surface area (Å²) in [6.45, 7) is 12.3. The molecule has 1 aliphatic rings. The first-order chi connectivity index (χ1) is 16.5. The Balaban J connectivity index is 1.58. The van der Waals surface area contributed by atoms with Gasteiger partial charge in [0.25, 0.3) is 0 Å².